The normalized spacial score (nSPS) is 26.6. The van der Waals surface area contributed by atoms with Gasteiger partial charge in [0, 0.05) is 13.1 Å². The Kier molecular flexibility index (Phi) is 11.3. The zero-order chi connectivity index (χ0) is 16.0. The van der Waals surface area contributed by atoms with Crippen molar-refractivity contribution in [1.29, 1.82) is 0 Å². The van der Waals surface area contributed by atoms with Crippen LogP contribution in [-0.4, -0.2) is 96.9 Å². The average molecular weight is 353 g/mol. The van der Waals surface area contributed by atoms with E-state index < -0.39 is 8.53 Å². The lowest BCUT2D eigenvalue weighted by atomic mass is 10.6. The zero-order valence-electron chi connectivity index (χ0n) is 13.8. The van der Waals surface area contributed by atoms with E-state index in [1.54, 1.807) is 0 Å². The van der Waals surface area contributed by atoms with Gasteiger partial charge in [0.05, 0.1) is 79.2 Å². The van der Waals surface area contributed by atoms with Crippen molar-refractivity contribution in [3.05, 3.63) is 0 Å². The third kappa shape index (κ3) is 9.24. The maximum Gasteiger partial charge on any atom is 0.259 e. The van der Waals surface area contributed by atoms with Crippen LogP contribution in [0.25, 0.3) is 0 Å². The van der Waals surface area contributed by atoms with Crippen molar-refractivity contribution in [1.82, 2.24) is 4.67 Å². The molecule has 2 aliphatic rings. The number of quaternary nitrogens is 1. The minimum Gasteiger partial charge on any atom is -0.378 e. The molecule has 0 unspecified atom stereocenters. The zero-order valence-corrected chi connectivity index (χ0v) is 14.7. The van der Waals surface area contributed by atoms with Crippen LogP contribution in [0.1, 0.15) is 0 Å². The molecular formula is C14H30N2O6P+. The summed E-state index contributed by atoms with van der Waals surface area (Å²) in [5, 5.41) is 2.20. The Hall–Kier alpha value is 0.110. The summed E-state index contributed by atoms with van der Waals surface area (Å²) in [5.41, 5.74) is 0. The molecule has 2 N–H and O–H groups in total. The van der Waals surface area contributed by atoms with Gasteiger partial charge in [-0.15, -0.1) is 0 Å². The van der Waals surface area contributed by atoms with Crippen LogP contribution < -0.4 is 5.32 Å². The number of nitrogens with two attached hydrogens (primary N) is 1. The van der Waals surface area contributed by atoms with Crippen LogP contribution in [0.5, 0.6) is 0 Å². The Morgan fingerprint density at radius 2 is 1.04 bits per heavy atom. The fraction of sp³-hybridized carbons (Fsp3) is 1.00. The van der Waals surface area contributed by atoms with Crippen molar-refractivity contribution in [2.24, 2.45) is 0 Å². The Morgan fingerprint density at radius 3 is 1.57 bits per heavy atom. The molecule has 0 saturated carbocycles. The van der Waals surface area contributed by atoms with Crippen LogP contribution >= 0.6 is 8.53 Å². The molecular weight excluding hydrogens is 323 g/mol. The number of rotatable bonds is 1. The first-order valence-corrected chi connectivity index (χ1v) is 9.53. The first-order chi connectivity index (χ1) is 11.5. The summed E-state index contributed by atoms with van der Waals surface area (Å²) < 4.78 is 35.8. The van der Waals surface area contributed by atoms with Crippen LogP contribution in [0, 0.1) is 0 Å². The fourth-order valence-corrected chi connectivity index (χ4v) is 3.52. The summed E-state index contributed by atoms with van der Waals surface area (Å²) in [7, 11) is -0.951. The highest BCUT2D eigenvalue weighted by molar-refractivity contribution is 7.44. The smallest absolute Gasteiger partial charge is 0.259 e. The third-order valence-electron chi connectivity index (χ3n) is 3.38. The van der Waals surface area contributed by atoms with Crippen LogP contribution in [0.15, 0.2) is 0 Å². The van der Waals surface area contributed by atoms with E-state index in [1.807, 2.05) is 0 Å². The van der Waals surface area contributed by atoms with E-state index >= 15 is 0 Å². The molecule has 0 spiro atoms. The summed E-state index contributed by atoms with van der Waals surface area (Å²) >= 11 is 0. The summed E-state index contributed by atoms with van der Waals surface area (Å²) in [5.74, 6) is 0. The molecule has 2 heterocycles. The van der Waals surface area contributed by atoms with Gasteiger partial charge < -0.3 is 33.3 Å². The molecule has 0 aliphatic carbocycles. The van der Waals surface area contributed by atoms with Crippen LogP contribution in [-0.2, 0) is 28.0 Å². The summed E-state index contributed by atoms with van der Waals surface area (Å²) in [6.07, 6.45) is 0. The van der Waals surface area contributed by atoms with Gasteiger partial charge in [-0.25, -0.2) is 4.67 Å². The maximum absolute atomic E-state index is 5.63. The van der Waals surface area contributed by atoms with Gasteiger partial charge in [0.15, 0.2) is 0 Å². The molecule has 0 atom stereocenters. The molecule has 8 nitrogen and oxygen atoms in total. The molecule has 0 aromatic carbocycles. The molecule has 0 aromatic heterocycles. The highest BCUT2D eigenvalue weighted by atomic mass is 31.2. The fourth-order valence-electron chi connectivity index (χ4n) is 2.17. The SMILES string of the molecule is C1COCCOCCN(P2OCCO2)CCOCCOCC[NH2+]1. The Labute approximate surface area is 139 Å². The first-order valence-electron chi connectivity index (χ1n) is 8.40. The molecule has 0 aromatic rings. The predicted molar refractivity (Wildman–Crippen MR) is 85.3 cm³/mol. The van der Waals surface area contributed by atoms with Gasteiger partial charge in [0.1, 0.15) is 0 Å². The Balaban J connectivity index is 1.67. The second-order valence-corrected chi connectivity index (χ2v) is 6.73. The monoisotopic (exact) mass is 353 g/mol. The van der Waals surface area contributed by atoms with Crippen molar-refractivity contribution in [2.75, 3.05) is 92.2 Å². The molecule has 136 valence electrons. The average Bonchev–Trinajstić information content (AvgIpc) is 3.09. The van der Waals surface area contributed by atoms with E-state index in [0.717, 1.165) is 39.4 Å². The summed E-state index contributed by atoms with van der Waals surface area (Å²) in [4.78, 5) is 0. The summed E-state index contributed by atoms with van der Waals surface area (Å²) in [6.45, 7) is 10.1. The largest absolute Gasteiger partial charge is 0.378 e. The van der Waals surface area contributed by atoms with Gasteiger partial charge in [-0.05, 0) is 0 Å². The molecule has 23 heavy (non-hydrogen) atoms. The minimum atomic E-state index is -0.951. The quantitative estimate of drug-likeness (QED) is 0.619. The van der Waals surface area contributed by atoms with Crippen molar-refractivity contribution in [2.45, 2.75) is 0 Å². The lowest BCUT2D eigenvalue weighted by molar-refractivity contribution is -0.657. The van der Waals surface area contributed by atoms with Crippen molar-refractivity contribution in [3.8, 4) is 0 Å². The van der Waals surface area contributed by atoms with E-state index in [-0.39, 0.29) is 0 Å². The highest BCUT2D eigenvalue weighted by Crippen LogP contribution is 2.45. The van der Waals surface area contributed by atoms with Gasteiger partial charge in [0.2, 0.25) is 0 Å². The molecule has 0 radical (unpaired) electrons. The van der Waals surface area contributed by atoms with Gasteiger partial charge in [-0.3, -0.25) is 0 Å². The van der Waals surface area contributed by atoms with Gasteiger partial charge in [-0.1, -0.05) is 0 Å². The predicted octanol–water partition coefficient (Wildman–Crippen LogP) is -0.794. The first kappa shape index (κ1) is 19.4. The van der Waals surface area contributed by atoms with E-state index in [4.69, 9.17) is 28.0 Å². The number of hydrogen-bond acceptors (Lipinski definition) is 7. The summed E-state index contributed by atoms with van der Waals surface area (Å²) in [6, 6.07) is 0. The second kappa shape index (κ2) is 13.4. The number of hydrogen-bond donors (Lipinski definition) is 1. The maximum atomic E-state index is 5.63. The van der Waals surface area contributed by atoms with Gasteiger partial charge in [-0.2, -0.15) is 0 Å². The van der Waals surface area contributed by atoms with Gasteiger partial charge in [0.25, 0.3) is 8.53 Å². The molecule has 0 amide bonds. The van der Waals surface area contributed by atoms with Crippen molar-refractivity contribution < 1.29 is 33.3 Å². The lowest BCUT2D eigenvalue weighted by Gasteiger charge is -2.25. The number of ether oxygens (including phenoxy) is 4. The molecule has 2 rings (SSSR count). The topological polar surface area (TPSA) is 75.2 Å². The molecule has 2 saturated heterocycles. The minimum absolute atomic E-state index is 0.618. The van der Waals surface area contributed by atoms with Crippen molar-refractivity contribution in [3.63, 3.8) is 0 Å². The standard InChI is InChI=1S/C14H29N2O6P/c1-5-17-9-11-19-7-3-16(23-21-13-14-22-23)4-8-20-12-10-18-6-2-15-1/h15H,1-14H2/p+1. The Bertz CT molecular complexity index is 266. The number of nitrogens with zero attached hydrogens (tertiary/aromatic N) is 1. The molecule has 2 aliphatic heterocycles. The molecule has 2 fully saturated rings. The van der Waals surface area contributed by atoms with Crippen LogP contribution in [0.3, 0.4) is 0 Å². The van der Waals surface area contributed by atoms with Crippen LogP contribution in [0.4, 0.5) is 0 Å². The lowest BCUT2D eigenvalue weighted by Crippen LogP contribution is -2.86. The van der Waals surface area contributed by atoms with Gasteiger partial charge >= 0.3 is 0 Å². The third-order valence-corrected chi connectivity index (χ3v) is 5.05. The molecule has 0 bridgehead atoms. The second-order valence-electron chi connectivity index (χ2n) is 5.17. The van der Waals surface area contributed by atoms with E-state index in [1.165, 1.54) is 0 Å². The van der Waals surface area contributed by atoms with Crippen LogP contribution in [0.2, 0.25) is 0 Å². The molecule has 9 heteroatoms. The van der Waals surface area contributed by atoms with E-state index in [9.17, 15) is 0 Å². The van der Waals surface area contributed by atoms with E-state index in [0.29, 0.717) is 52.9 Å². The van der Waals surface area contributed by atoms with Crippen molar-refractivity contribution >= 4 is 8.53 Å². The Morgan fingerprint density at radius 1 is 0.565 bits per heavy atom. The highest BCUT2D eigenvalue weighted by Gasteiger charge is 2.25. The van der Waals surface area contributed by atoms with E-state index in [2.05, 4.69) is 9.99 Å².